The molecule has 7 nitrogen and oxygen atoms in total. The zero-order valence-electron chi connectivity index (χ0n) is 15.8. The van der Waals surface area contributed by atoms with Crippen LogP contribution in [0.3, 0.4) is 0 Å². The number of aromatic nitrogens is 2. The molecule has 4 aromatic rings. The third-order valence-corrected chi connectivity index (χ3v) is 5.32. The van der Waals surface area contributed by atoms with Gasteiger partial charge in [0.05, 0.1) is 15.5 Å². The van der Waals surface area contributed by atoms with E-state index < -0.39 is 10.7 Å². The summed E-state index contributed by atoms with van der Waals surface area (Å²) in [5.41, 5.74) is 2.59. The van der Waals surface area contributed by atoms with E-state index in [9.17, 15) is 14.5 Å². The Bertz CT molecular complexity index is 1300. The van der Waals surface area contributed by atoms with Crippen LogP contribution >= 0.6 is 27.5 Å². The molecule has 3 aromatic carbocycles. The Labute approximate surface area is 189 Å². The molecule has 10 heteroatoms. The molecule has 1 aromatic heterocycles. The highest BCUT2D eigenvalue weighted by molar-refractivity contribution is 9.10. The Hall–Kier alpha value is -3.30. The predicted molar refractivity (Wildman–Crippen MR) is 122 cm³/mol. The molecule has 0 bridgehead atoms. The Morgan fingerprint density at radius 1 is 1.06 bits per heavy atom. The fourth-order valence-corrected chi connectivity index (χ4v) is 3.64. The quantitative estimate of drug-likeness (QED) is 0.232. The van der Waals surface area contributed by atoms with E-state index in [1.165, 1.54) is 24.5 Å². The van der Waals surface area contributed by atoms with E-state index in [1.807, 2.05) is 18.2 Å². The van der Waals surface area contributed by atoms with Gasteiger partial charge >= 0.3 is 0 Å². The maximum atomic E-state index is 13.4. The monoisotopic (exact) mass is 501 g/mol. The van der Waals surface area contributed by atoms with Crippen LogP contribution < -0.4 is 10.6 Å². The zero-order chi connectivity index (χ0) is 22.0. The molecule has 0 radical (unpaired) electrons. The van der Waals surface area contributed by atoms with Gasteiger partial charge in [0.2, 0.25) is 0 Å². The second-order valence-corrected chi connectivity index (χ2v) is 7.91. The van der Waals surface area contributed by atoms with Gasteiger partial charge in [0.25, 0.3) is 5.69 Å². The largest absolute Gasteiger partial charge is 0.381 e. The normalized spacial score (nSPS) is 10.8. The molecule has 4 rings (SSSR count). The molecule has 0 spiro atoms. The summed E-state index contributed by atoms with van der Waals surface area (Å²) in [6, 6.07) is 14.6. The van der Waals surface area contributed by atoms with Crippen LogP contribution in [0.15, 0.2) is 65.4 Å². The first-order valence-electron chi connectivity index (χ1n) is 9.04. The fraction of sp³-hybridized carbons (Fsp3) is 0.0476. The molecule has 0 aliphatic carbocycles. The van der Waals surface area contributed by atoms with Gasteiger partial charge in [-0.3, -0.25) is 10.1 Å². The Balaban J connectivity index is 1.62. The number of hydrogen-bond donors (Lipinski definition) is 2. The minimum Gasteiger partial charge on any atom is -0.381 e. The van der Waals surface area contributed by atoms with E-state index in [-0.39, 0.29) is 17.3 Å². The van der Waals surface area contributed by atoms with Crippen LogP contribution in [0.2, 0.25) is 5.02 Å². The van der Waals surface area contributed by atoms with Crippen LogP contribution in [0, 0.1) is 15.9 Å². The van der Waals surface area contributed by atoms with E-state index in [0.717, 1.165) is 15.5 Å². The highest BCUT2D eigenvalue weighted by atomic mass is 79.9. The first-order chi connectivity index (χ1) is 14.9. The summed E-state index contributed by atoms with van der Waals surface area (Å²) in [4.78, 5) is 19.4. The molecule has 1 heterocycles. The van der Waals surface area contributed by atoms with Crippen molar-refractivity contribution >= 4 is 61.3 Å². The summed E-state index contributed by atoms with van der Waals surface area (Å²) < 4.78 is 14.2. The lowest BCUT2D eigenvalue weighted by atomic mass is 10.1. The van der Waals surface area contributed by atoms with Gasteiger partial charge in [-0.25, -0.2) is 14.4 Å². The lowest BCUT2D eigenvalue weighted by Crippen LogP contribution is -2.03. The van der Waals surface area contributed by atoms with Gasteiger partial charge < -0.3 is 10.6 Å². The summed E-state index contributed by atoms with van der Waals surface area (Å²) in [6.07, 6.45) is 1.42. The lowest BCUT2D eigenvalue weighted by Gasteiger charge is -2.12. The van der Waals surface area contributed by atoms with Gasteiger partial charge in [-0.2, -0.15) is 0 Å². The van der Waals surface area contributed by atoms with Crippen LogP contribution in [-0.2, 0) is 6.54 Å². The van der Waals surface area contributed by atoms with Crippen LogP contribution in [0.5, 0.6) is 0 Å². The van der Waals surface area contributed by atoms with E-state index in [2.05, 4.69) is 36.5 Å². The average molecular weight is 503 g/mol. The number of nitro groups is 1. The molecule has 0 aliphatic rings. The van der Waals surface area contributed by atoms with Crippen molar-refractivity contribution in [2.75, 3.05) is 10.6 Å². The SMILES string of the molecule is O=[N+]([O-])c1ccc(Br)cc1CNc1ccc2ncnc(Nc3ccc(F)c(Cl)c3)c2c1. The number of nitro benzene ring substituents is 1. The van der Waals surface area contributed by atoms with E-state index in [0.29, 0.717) is 22.6 Å². The number of nitrogens with zero attached hydrogens (tertiary/aromatic N) is 3. The molecule has 0 amide bonds. The van der Waals surface area contributed by atoms with Crippen LogP contribution in [0.4, 0.5) is 27.3 Å². The number of nitrogens with one attached hydrogen (secondary N) is 2. The van der Waals surface area contributed by atoms with Gasteiger partial charge in [-0.1, -0.05) is 27.5 Å². The molecule has 0 aliphatic heterocycles. The minimum absolute atomic E-state index is 0.00123. The summed E-state index contributed by atoms with van der Waals surface area (Å²) >= 11 is 9.21. The number of benzene rings is 3. The smallest absolute Gasteiger partial charge is 0.274 e. The fourth-order valence-electron chi connectivity index (χ4n) is 3.05. The molecular formula is C21H14BrClFN5O2. The molecule has 0 saturated carbocycles. The predicted octanol–water partition coefficient (Wildman–Crippen LogP) is 6.45. The van der Waals surface area contributed by atoms with E-state index in [4.69, 9.17) is 11.6 Å². The first kappa shape index (κ1) is 21.0. The molecule has 0 fully saturated rings. The maximum absolute atomic E-state index is 13.4. The highest BCUT2D eigenvalue weighted by Gasteiger charge is 2.14. The third kappa shape index (κ3) is 4.73. The maximum Gasteiger partial charge on any atom is 0.274 e. The molecular weight excluding hydrogens is 489 g/mol. The first-order valence-corrected chi connectivity index (χ1v) is 10.2. The van der Waals surface area contributed by atoms with Gasteiger partial charge in [0, 0.05) is 39.4 Å². The van der Waals surface area contributed by atoms with Crippen LogP contribution in [0.1, 0.15) is 5.56 Å². The number of rotatable bonds is 6. The molecule has 0 atom stereocenters. The topological polar surface area (TPSA) is 93.0 Å². The van der Waals surface area contributed by atoms with Crippen molar-refractivity contribution in [3.63, 3.8) is 0 Å². The molecule has 0 unspecified atom stereocenters. The highest BCUT2D eigenvalue weighted by Crippen LogP contribution is 2.29. The summed E-state index contributed by atoms with van der Waals surface area (Å²) in [5, 5.41) is 18.3. The van der Waals surface area contributed by atoms with Crippen LogP contribution in [0.25, 0.3) is 10.9 Å². The van der Waals surface area contributed by atoms with Gasteiger partial charge in [0.15, 0.2) is 0 Å². The van der Waals surface area contributed by atoms with E-state index in [1.54, 1.807) is 18.2 Å². The van der Waals surface area contributed by atoms with Crippen molar-refractivity contribution in [2.45, 2.75) is 6.54 Å². The lowest BCUT2D eigenvalue weighted by molar-refractivity contribution is -0.385. The third-order valence-electron chi connectivity index (χ3n) is 4.54. The van der Waals surface area contributed by atoms with Crippen molar-refractivity contribution in [2.24, 2.45) is 0 Å². The summed E-state index contributed by atoms with van der Waals surface area (Å²) in [6.45, 7) is 0.255. The van der Waals surface area contributed by atoms with Crippen molar-refractivity contribution in [1.29, 1.82) is 0 Å². The summed E-state index contributed by atoms with van der Waals surface area (Å²) in [7, 11) is 0. The van der Waals surface area contributed by atoms with Crippen LogP contribution in [-0.4, -0.2) is 14.9 Å². The number of anilines is 3. The van der Waals surface area contributed by atoms with E-state index >= 15 is 0 Å². The van der Waals surface area contributed by atoms with Crippen molar-refractivity contribution in [1.82, 2.24) is 9.97 Å². The van der Waals surface area contributed by atoms with Crippen molar-refractivity contribution < 1.29 is 9.31 Å². The van der Waals surface area contributed by atoms with Gasteiger partial charge in [-0.15, -0.1) is 0 Å². The second-order valence-electron chi connectivity index (χ2n) is 6.59. The molecule has 0 saturated heterocycles. The molecule has 156 valence electrons. The zero-order valence-corrected chi connectivity index (χ0v) is 18.1. The Kier molecular flexibility index (Phi) is 5.97. The Morgan fingerprint density at radius 2 is 1.87 bits per heavy atom. The molecule has 2 N–H and O–H groups in total. The number of fused-ring (bicyclic) bond motifs is 1. The second kappa shape index (κ2) is 8.83. The minimum atomic E-state index is -0.507. The molecule has 31 heavy (non-hydrogen) atoms. The summed E-state index contributed by atoms with van der Waals surface area (Å²) in [5.74, 6) is 0.0117. The van der Waals surface area contributed by atoms with Crippen molar-refractivity contribution in [3.8, 4) is 0 Å². The average Bonchev–Trinajstić information content (AvgIpc) is 2.75. The standard InChI is InChI=1S/C21H14BrClFN5O2/c22-13-1-6-20(29(30)31)12(7-13)10-25-14-3-5-19-16(8-14)21(27-11-26-19)28-15-2-4-18(24)17(23)9-15/h1-9,11,25H,10H2,(H,26,27,28). The van der Waals surface area contributed by atoms with Gasteiger partial charge in [0.1, 0.15) is 18.0 Å². The Morgan fingerprint density at radius 3 is 2.65 bits per heavy atom. The van der Waals surface area contributed by atoms with Gasteiger partial charge in [-0.05, 0) is 48.5 Å². The van der Waals surface area contributed by atoms with Crippen molar-refractivity contribution in [3.05, 3.63) is 91.9 Å². The number of hydrogen-bond acceptors (Lipinski definition) is 6. The number of halogens is 3.